The van der Waals surface area contributed by atoms with Crippen LogP contribution in [0.5, 0.6) is 11.5 Å². The number of ether oxygens (including phenoxy) is 3. The maximum absolute atomic E-state index is 5.44. The highest BCUT2D eigenvalue weighted by Crippen LogP contribution is 2.27. The minimum absolute atomic E-state index is 0.220. The van der Waals surface area contributed by atoms with Gasteiger partial charge in [-0.2, -0.15) is 0 Å². The monoisotopic (exact) mass is 223 g/mol. The maximum atomic E-state index is 5.44. The standard InChI is InChI=1S/C12H17NO3/c1-14-10-5-9(6-11(7-10)15-2)12-8-16-4-3-13-12/h5-7,12-13H,3-4,8H2,1-2H3/t12-/m1/s1. The Labute approximate surface area is 95.5 Å². The molecule has 1 saturated heterocycles. The summed E-state index contributed by atoms with van der Waals surface area (Å²) in [6.45, 7) is 2.35. The fraction of sp³-hybridized carbons (Fsp3) is 0.500. The molecule has 1 N–H and O–H groups in total. The second kappa shape index (κ2) is 5.18. The molecule has 16 heavy (non-hydrogen) atoms. The number of rotatable bonds is 3. The summed E-state index contributed by atoms with van der Waals surface area (Å²) in [5, 5.41) is 3.40. The lowest BCUT2D eigenvalue weighted by molar-refractivity contribution is 0.0767. The lowest BCUT2D eigenvalue weighted by Gasteiger charge is -2.24. The van der Waals surface area contributed by atoms with Crippen LogP contribution in [0.15, 0.2) is 18.2 Å². The molecule has 1 aromatic carbocycles. The zero-order valence-corrected chi connectivity index (χ0v) is 9.66. The summed E-state index contributed by atoms with van der Waals surface area (Å²) in [6.07, 6.45) is 0. The third-order valence-corrected chi connectivity index (χ3v) is 2.70. The SMILES string of the molecule is COc1cc(OC)cc([C@H]2COCCN2)c1. The van der Waals surface area contributed by atoms with E-state index in [0.717, 1.165) is 30.2 Å². The Balaban J connectivity index is 2.24. The minimum atomic E-state index is 0.220. The van der Waals surface area contributed by atoms with Gasteiger partial charge in [0.2, 0.25) is 0 Å². The molecule has 0 amide bonds. The molecule has 4 nitrogen and oxygen atoms in total. The Hall–Kier alpha value is -1.26. The van der Waals surface area contributed by atoms with Crippen molar-refractivity contribution in [2.75, 3.05) is 34.0 Å². The molecule has 0 spiro atoms. The first-order chi connectivity index (χ1) is 7.83. The van der Waals surface area contributed by atoms with E-state index >= 15 is 0 Å². The first-order valence-electron chi connectivity index (χ1n) is 5.37. The second-order valence-corrected chi connectivity index (χ2v) is 3.73. The van der Waals surface area contributed by atoms with Gasteiger partial charge in [-0.25, -0.2) is 0 Å². The summed E-state index contributed by atoms with van der Waals surface area (Å²) < 4.78 is 15.9. The largest absolute Gasteiger partial charge is 0.497 e. The molecule has 1 fully saturated rings. The number of benzene rings is 1. The predicted octanol–water partition coefficient (Wildman–Crippen LogP) is 1.36. The topological polar surface area (TPSA) is 39.7 Å². The van der Waals surface area contributed by atoms with Gasteiger partial charge in [0, 0.05) is 12.6 Å². The molecule has 1 aliphatic rings. The Morgan fingerprint density at radius 3 is 2.38 bits per heavy atom. The van der Waals surface area contributed by atoms with Crippen LogP contribution in [0.2, 0.25) is 0 Å². The van der Waals surface area contributed by atoms with Crippen LogP contribution in [0.4, 0.5) is 0 Å². The Morgan fingerprint density at radius 2 is 1.88 bits per heavy atom. The van der Waals surface area contributed by atoms with Gasteiger partial charge in [-0.15, -0.1) is 0 Å². The van der Waals surface area contributed by atoms with Crippen molar-refractivity contribution in [3.8, 4) is 11.5 Å². The molecule has 0 radical (unpaired) electrons. The van der Waals surface area contributed by atoms with E-state index in [2.05, 4.69) is 5.32 Å². The Morgan fingerprint density at radius 1 is 1.19 bits per heavy atom. The van der Waals surface area contributed by atoms with Crippen LogP contribution in [0.25, 0.3) is 0 Å². The quantitative estimate of drug-likeness (QED) is 0.840. The van der Waals surface area contributed by atoms with Crippen molar-refractivity contribution in [1.82, 2.24) is 5.32 Å². The molecule has 0 bridgehead atoms. The smallest absolute Gasteiger partial charge is 0.122 e. The van der Waals surface area contributed by atoms with Crippen LogP contribution in [-0.4, -0.2) is 34.0 Å². The molecule has 0 unspecified atom stereocenters. The van der Waals surface area contributed by atoms with E-state index < -0.39 is 0 Å². The fourth-order valence-electron chi connectivity index (χ4n) is 1.81. The summed E-state index contributed by atoms with van der Waals surface area (Å²) in [7, 11) is 3.31. The summed E-state index contributed by atoms with van der Waals surface area (Å²) in [5.41, 5.74) is 1.14. The van der Waals surface area contributed by atoms with E-state index in [0.29, 0.717) is 6.61 Å². The number of methoxy groups -OCH3 is 2. The molecule has 0 aromatic heterocycles. The molecule has 1 atom stereocenters. The van der Waals surface area contributed by atoms with Crippen LogP contribution in [0.3, 0.4) is 0 Å². The highest BCUT2D eigenvalue weighted by atomic mass is 16.5. The molecule has 1 aromatic rings. The molecule has 0 aliphatic carbocycles. The average molecular weight is 223 g/mol. The third kappa shape index (κ3) is 2.46. The normalized spacial score (nSPS) is 20.5. The molecule has 2 rings (SSSR count). The van der Waals surface area contributed by atoms with Gasteiger partial charge in [-0.1, -0.05) is 0 Å². The highest BCUT2D eigenvalue weighted by Gasteiger charge is 2.16. The summed E-state index contributed by atoms with van der Waals surface area (Å²) in [4.78, 5) is 0. The lowest BCUT2D eigenvalue weighted by Crippen LogP contribution is -2.34. The van der Waals surface area contributed by atoms with Crippen molar-refractivity contribution in [3.63, 3.8) is 0 Å². The van der Waals surface area contributed by atoms with Gasteiger partial charge >= 0.3 is 0 Å². The zero-order chi connectivity index (χ0) is 11.4. The molecule has 1 aliphatic heterocycles. The highest BCUT2D eigenvalue weighted by molar-refractivity contribution is 5.40. The van der Waals surface area contributed by atoms with Gasteiger partial charge in [0.1, 0.15) is 11.5 Å². The van der Waals surface area contributed by atoms with Gasteiger partial charge in [0.25, 0.3) is 0 Å². The van der Waals surface area contributed by atoms with Crippen molar-refractivity contribution >= 4 is 0 Å². The van der Waals surface area contributed by atoms with Gasteiger partial charge in [0.15, 0.2) is 0 Å². The van der Waals surface area contributed by atoms with Gasteiger partial charge in [-0.05, 0) is 17.7 Å². The maximum Gasteiger partial charge on any atom is 0.122 e. The van der Waals surface area contributed by atoms with Crippen LogP contribution in [-0.2, 0) is 4.74 Å². The Bertz CT molecular complexity index is 326. The third-order valence-electron chi connectivity index (χ3n) is 2.70. The van der Waals surface area contributed by atoms with E-state index in [1.54, 1.807) is 14.2 Å². The first-order valence-corrected chi connectivity index (χ1v) is 5.37. The first kappa shape index (κ1) is 11.2. The number of hydrogen-bond donors (Lipinski definition) is 1. The lowest BCUT2D eigenvalue weighted by atomic mass is 10.1. The van der Waals surface area contributed by atoms with Gasteiger partial charge in [-0.3, -0.25) is 0 Å². The molecular formula is C12H17NO3. The van der Waals surface area contributed by atoms with E-state index in [9.17, 15) is 0 Å². The molecule has 88 valence electrons. The number of nitrogens with one attached hydrogen (secondary N) is 1. The molecule has 4 heteroatoms. The van der Waals surface area contributed by atoms with Crippen LogP contribution < -0.4 is 14.8 Å². The molecule has 0 saturated carbocycles. The minimum Gasteiger partial charge on any atom is -0.497 e. The molecule has 1 heterocycles. The van der Waals surface area contributed by atoms with Gasteiger partial charge < -0.3 is 19.5 Å². The summed E-state index contributed by atoms with van der Waals surface area (Å²) in [5.74, 6) is 1.61. The van der Waals surface area contributed by atoms with Crippen molar-refractivity contribution in [1.29, 1.82) is 0 Å². The number of morpholine rings is 1. The van der Waals surface area contributed by atoms with Crippen molar-refractivity contribution in [2.45, 2.75) is 6.04 Å². The van der Waals surface area contributed by atoms with E-state index in [1.165, 1.54) is 0 Å². The zero-order valence-electron chi connectivity index (χ0n) is 9.66. The summed E-state index contributed by atoms with van der Waals surface area (Å²) >= 11 is 0. The Kier molecular flexibility index (Phi) is 3.64. The molecular weight excluding hydrogens is 206 g/mol. The number of hydrogen-bond acceptors (Lipinski definition) is 4. The van der Waals surface area contributed by atoms with Crippen molar-refractivity contribution in [2.24, 2.45) is 0 Å². The van der Waals surface area contributed by atoms with Crippen molar-refractivity contribution < 1.29 is 14.2 Å². The van der Waals surface area contributed by atoms with Crippen LogP contribution in [0.1, 0.15) is 11.6 Å². The van der Waals surface area contributed by atoms with Crippen molar-refractivity contribution in [3.05, 3.63) is 23.8 Å². The van der Waals surface area contributed by atoms with Crippen LogP contribution >= 0.6 is 0 Å². The second-order valence-electron chi connectivity index (χ2n) is 3.73. The van der Waals surface area contributed by atoms with E-state index in [-0.39, 0.29) is 6.04 Å². The summed E-state index contributed by atoms with van der Waals surface area (Å²) in [6, 6.07) is 6.11. The van der Waals surface area contributed by atoms with E-state index in [4.69, 9.17) is 14.2 Å². The van der Waals surface area contributed by atoms with Gasteiger partial charge in [0.05, 0.1) is 33.5 Å². The average Bonchev–Trinajstić information content (AvgIpc) is 2.39. The predicted molar refractivity (Wildman–Crippen MR) is 61.1 cm³/mol. The fourth-order valence-corrected chi connectivity index (χ4v) is 1.81. The van der Waals surface area contributed by atoms with E-state index in [1.807, 2.05) is 18.2 Å². The van der Waals surface area contributed by atoms with Crippen LogP contribution in [0, 0.1) is 0 Å².